The third kappa shape index (κ3) is 3.23. The number of hydrogen-bond acceptors (Lipinski definition) is 4. The summed E-state index contributed by atoms with van der Waals surface area (Å²) in [5.74, 6) is 0. The van der Waals surface area contributed by atoms with Gasteiger partial charge in [0, 0.05) is 0 Å². The molecule has 0 bridgehead atoms. The van der Waals surface area contributed by atoms with E-state index in [9.17, 15) is 0 Å². The van der Waals surface area contributed by atoms with Crippen molar-refractivity contribution in [1.29, 1.82) is 0 Å². The number of fused-ring (bicyclic) bond motifs is 2. The van der Waals surface area contributed by atoms with Crippen molar-refractivity contribution in [1.82, 2.24) is 30.4 Å². The molecule has 6 nitrogen and oxygen atoms in total. The molecule has 0 fully saturated rings. The summed E-state index contributed by atoms with van der Waals surface area (Å²) >= 11 is 0. The molecule has 0 aliphatic heterocycles. The SMILES string of the molecule is Cc1ccc(-n2nc3ccccc3n2)cc1.c1ccc2n[nH]nc2c1. The Hall–Kier alpha value is -3.54. The summed E-state index contributed by atoms with van der Waals surface area (Å²) in [5.41, 5.74) is 5.89. The Kier molecular flexibility index (Phi) is 3.92. The molecule has 0 amide bonds. The lowest BCUT2D eigenvalue weighted by Gasteiger charge is -1.98. The lowest BCUT2D eigenvalue weighted by atomic mass is 10.2. The molecule has 2 heterocycles. The Morgan fingerprint density at radius 2 is 1.12 bits per heavy atom. The van der Waals surface area contributed by atoms with Crippen LogP contribution in [0.4, 0.5) is 0 Å². The molecule has 2 aromatic heterocycles. The Bertz CT molecular complexity index is 1040. The van der Waals surface area contributed by atoms with E-state index in [1.165, 1.54) is 5.56 Å². The molecule has 3 aromatic carbocycles. The van der Waals surface area contributed by atoms with Gasteiger partial charge in [0.25, 0.3) is 0 Å². The van der Waals surface area contributed by atoms with E-state index in [2.05, 4.69) is 44.7 Å². The van der Waals surface area contributed by atoms with Crippen LogP contribution < -0.4 is 0 Å². The molecule has 0 aliphatic carbocycles. The summed E-state index contributed by atoms with van der Waals surface area (Å²) < 4.78 is 0. The van der Waals surface area contributed by atoms with Crippen molar-refractivity contribution >= 4 is 22.1 Å². The van der Waals surface area contributed by atoms with Crippen molar-refractivity contribution in [3.8, 4) is 5.69 Å². The van der Waals surface area contributed by atoms with E-state index in [-0.39, 0.29) is 0 Å². The van der Waals surface area contributed by atoms with Gasteiger partial charge in [0.2, 0.25) is 0 Å². The zero-order chi connectivity index (χ0) is 17.1. The van der Waals surface area contributed by atoms with E-state index in [1.54, 1.807) is 4.80 Å². The maximum atomic E-state index is 4.42. The second kappa shape index (κ2) is 6.52. The highest BCUT2D eigenvalue weighted by Gasteiger charge is 2.02. The zero-order valence-corrected chi connectivity index (χ0v) is 13.7. The molecule has 1 N–H and O–H groups in total. The molecule has 25 heavy (non-hydrogen) atoms. The van der Waals surface area contributed by atoms with Crippen LogP contribution in [-0.2, 0) is 0 Å². The molecule has 5 aromatic rings. The number of aryl methyl sites for hydroxylation is 1. The maximum absolute atomic E-state index is 4.42. The molecule has 0 aliphatic rings. The van der Waals surface area contributed by atoms with Gasteiger partial charge in [-0.25, -0.2) is 0 Å². The van der Waals surface area contributed by atoms with Gasteiger partial charge in [0.1, 0.15) is 22.1 Å². The number of nitrogens with one attached hydrogen (secondary N) is 1. The summed E-state index contributed by atoms with van der Waals surface area (Å²) in [6, 6.07) is 23.7. The summed E-state index contributed by atoms with van der Waals surface area (Å²) in [4.78, 5) is 1.67. The quantitative estimate of drug-likeness (QED) is 0.509. The van der Waals surface area contributed by atoms with Crippen LogP contribution in [0.5, 0.6) is 0 Å². The number of aromatic amines is 1. The van der Waals surface area contributed by atoms with Gasteiger partial charge >= 0.3 is 0 Å². The largest absolute Gasteiger partial charge is 0.197 e. The molecule has 0 atom stereocenters. The highest BCUT2D eigenvalue weighted by Crippen LogP contribution is 2.12. The minimum atomic E-state index is 0.914. The Balaban J connectivity index is 0.000000147. The van der Waals surface area contributed by atoms with E-state index < -0.39 is 0 Å². The predicted molar refractivity (Wildman–Crippen MR) is 97.5 cm³/mol. The lowest BCUT2D eigenvalue weighted by Crippen LogP contribution is -1.97. The first-order valence-corrected chi connectivity index (χ1v) is 7.94. The third-order valence-electron chi connectivity index (χ3n) is 3.77. The fourth-order valence-corrected chi connectivity index (χ4v) is 2.44. The van der Waals surface area contributed by atoms with E-state index in [4.69, 9.17) is 0 Å². The number of benzene rings is 3. The van der Waals surface area contributed by atoms with Crippen molar-refractivity contribution in [3.63, 3.8) is 0 Å². The average Bonchev–Trinajstić information content (AvgIpc) is 3.29. The number of para-hydroxylation sites is 2. The minimum absolute atomic E-state index is 0.914. The second-order valence-electron chi connectivity index (χ2n) is 5.63. The fraction of sp³-hybridized carbons (Fsp3) is 0.0526. The first kappa shape index (κ1) is 15.0. The van der Waals surface area contributed by atoms with Crippen molar-refractivity contribution in [3.05, 3.63) is 78.4 Å². The fourth-order valence-electron chi connectivity index (χ4n) is 2.44. The molecule has 122 valence electrons. The highest BCUT2D eigenvalue weighted by molar-refractivity contribution is 5.73. The monoisotopic (exact) mass is 328 g/mol. The normalized spacial score (nSPS) is 10.6. The number of H-pyrrole nitrogens is 1. The summed E-state index contributed by atoms with van der Waals surface area (Å²) in [7, 11) is 0. The van der Waals surface area contributed by atoms with Gasteiger partial charge < -0.3 is 0 Å². The lowest BCUT2D eigenvalue weighted by molar-refractivity contribution is 0.765. The van der Waals surface area contributed by atoms with Crippen LogP contribution in [0.25, 0.3) is 27.8 Å². The molecule has 0 spiro atoms. The average molecular weight is 328 g/mol. The van der Waals surface area contributed by atoms with Crippen LogP contribution in [0, 0.1) is 6.92 Å². The Labute approximate surface area is 144 Å². The first-order chi connectivity index (χ1) is 12.3. The van der Waals surface area contributed by atoms with Gasteiger partial charge in [0.15, 0.2) is 0 Å². The third-order valence-corrected chi connectivity index (χ3v) is 3.77. The molecule has 0 saturated heterocycles. The number of rotatable bonds is 1. The highest BCUT2D eigenvalue weighted by atomic mass is 15.5. The zero-order valence-electron chi connectivity index (χ0n) is 13.7. The van der Waals surface area contributed by atoms with Gasteiger partial charge in [-0.05, 0) is 43.3 Å². The topological polar surface area (TPSA) is 72.3 Å². The number of nitrogens with zero attached hydrogens (tertiary/aromatic N) is 5. The van der Waals surface area contributed by atoms with E-state index in [0.29, 0.717) is 0 Å². The molecule has 5 rings (SSSR count). The van der Waals surface area contributed by atoms with Gasteiger partial charge in [-0.1, -0.05) is 42.0 Å². The van der Waals surface area contributed by atoms with Crippen molar-refractivity contribution in [2.45, 2.75) is 6.92 Å². The predicted octanol–water partition coefficient (Wildman–Crippen LogP) is 3.69. The summed E-state index contributed by atoms with van der Waals surface area (Å²) in [5, 5.41) is 19.1. The molecular formula is C19H16N6. The molecule has 0 unspecified atom stereocenters. The van der Waals surface area contributed by atoms with Crippen LogP contribution >= 0.6 is 0 Å². The van der Waals surface area contributed by atoms with Crippen molar-refractivity contribution < 1.29 is 0 Å². The molecular weight excluding hydrogens is 312 g/mol. The van der Waals surface area contributed by atoms with E-state index in [0.717, 1.165) is 27.8 Å². The Morgan fingerprint density at radius 1 is 0.640 bits per heavy atom. The van der Waals surface area contributed by atoms with Crippen LogP contribution in [0.15, 0.2) is 72.8 Å². The molecule has 6 heteroatoms. The second-order valence-corrected chi connectivity index (χ2v) is 5.63. The van der Waals surface area contributed by atoms with Gasteiger partial charge in [0.05, 0.1) is 5.69 Å². The number of hydrogen-bond donors (Lipinski definition) is 1. The van der Waals surface area contributed by atoms with Gasteiger partial charge in [-0.3, -0.25) is 0 Å². The van der Waals surface area contributed by atoms with Crippen molar-refractivity contribution in [2.24, 2.45) is 0 Å². The molecule has 0 radical (unpaired) electrons. The van der Waals surface area contributed by atoms with Gasteiger partial charge in [-0.15, -0.1) is 10.2 Å². The Morgan fingerprint density at radius 3 is 1.64 bits per heavy atom. The van der Waals surface area contributed by atoms with Crippen LogP contribution in [0.1, 0.15) is 5.56 Å². The summed E-state index contributed by atoms with van der Waals surface area (Å²) in [6.45, 7) is 2.07. The van der Waals surface area contributed by atoms with E-state index >= 15 is 0 Å². The van der Waals surface area contributed by atoms with E-state index in [1.807, 2.05) is 60.7 Å². The first-order valence-electron chi connectivity index (χ1n) is 7.94. The maximum Gasteiger partial charge on any atom is 0.113 e. The van der Waals surface area contributed by atoms with Gasteiger partial charge in [-0.2, -0.15) is 20.2 Å². The smallest absolute Gasteiger partial charge is 0.113 e. The van der Waals surface area contributed by atoms with Crippen molar-refractivity contribution in [2.75, 3.05) is 0 Å². The summed E-state index contributed by atoms with van der Waals surface area (Å²) in [6.07, 6.45) is 0. The van der Waals surface area contributed by atoms with Crippen LogP contribution in [0.2, 0.25) is 0 Å². The standard InChI is InChI=1S/C13H11N3.C6H5N3/c1-10-6-8-11(9-7-10)16-14-12-4-2-3-5-13(12)15-16;1-2-4-6-5(3-1)7-9-8-6/h2-9H,1H3;1-4H,(H,7,8,9). The minimum Gasteiger partial charge on any atom is -0.197 e. The van der Waals surface area contributed by atoms with Crippen LogP contribution in [0.3, 0.4) is 0 Å². The molecule has 0 saturated carbocycles. The van der Waals surface area contributed by atoms with Crippen LogP contribution in [-0.4, -0.2) is 30.4 Å². The number of aromatic nitrogens is 6.